The van der Waals surface area contributed by atoms with Crippen LogP contribution >= 0.6 is 0 Å². The molecule has 0 aliphatic heterocycles. The van der Waals surface area contributed by atoms with Gasteiger partial charge in [-0.05, 0) is 6.92 Å². The lowest BCUT2D eigenvalue weighted by Gasteiger charge is -2.18. The number of hydrogen-bond acceptors (Lipinski definition) is 4. The lowest BCUT2D eigenvalue weighted by Crippen LogP contribution is -2.36. The van der Waals surface area contributed by atoms with Crippen molar-refractivity contribution in [2.45, 2.75) is 18.9 Å². The van der Waals surface area contributed by atoms with Crippen LogP contribution in [0.4, 0.5) is 0 Å². The summed E-state index contributed by atoms with van der Waals surface area (Å²) in [5, 5.41) is 17.5. The van der Waals surface area contributed by atoms with Crippen molar-refractivity contribution < 1.29 is 5.11 Å². The van der Waals surface area contributed by atoms with E-state index in [9.17, 15) is 5.11 Å². The van der Waals surface area contributed by atoms with Gasteiger partial charge in [-0.2, -0.15) is 15.0 Å². The molecule has 5 heteroatoms. The first-order valence-corrected chi connectivity index (χ1v) is 3.81. The third-order valence-electron chi connectivity index (χ3n) is 1.65. The van der Waals surface area contributed by atoms with Gasteiger partial charge in [-0.15, -0.1) is 0 Å². The highest BCUT2D eigenvalue weighted by atomic mass is 16.3. The zero-order valence-corrected chi connectivity index (χ0v) is 7.36. The first-order chi connectivity index (χ1) is 5.53. The molecule has 0 aliphatic carbocycles. The summed E-state index contributed by atoms with van der Waals surface area (Å²) in [5.41, 5.74) is 5.23. The third-order valence-corrected chi connectivity index (χ3v) is 1.65. The van der Waals surface area contributed by atoms with Crippen molar-refractivity contribution in [1.82, 2.24) is 15.0 Å². The summed E-state index contributed by atoms with van der Waals surface area (Å²) in [6, 6.07) is 0. The molecule has 0 aromatic carbocycles. The number of aryl methyl sites for hydroxylation is 1. The van der Waals surface area contributed by atoms with Crippen LogP contribution in [0.15, 0.2) is 6.20 Å². The van der Waals surface area contributed by atoms with Gasteiger partial charge >= 0.3 is 0 Å². The Bertz CT molecular complexity index is 256. The Morgan fingerprint density at radius 1 is 1.75 bits per heavy atom. The topological polar surface area (TPSA) is 77.0 Å². The highest BCUT2D eigenvalue weighted by molar-refractivity contribution is 4.97. The fourth-order valence-corrected chi connectivity index (χ4v) is 0.931. The molecule has 0 saturated heterocycles. The van der Waals surface area contributed by atoms with Crippen LogP contribution < -0.4 is 5.73 Å². The molecule has 0 saturated carbocycles. The molecular weight excluding hydrogens is 156 g/mol. The maximum atomic E-state index is 9.58. The molecule has 3 N–H and O–H groups in total. The van der Waals surface area contributed by atoms with E-state index in [0.29, 0.717) is 6.42 Å². The average Bonchev–Trinajstić information content (AvgIpc) is 2.35. The fourth-order valence-electron chi connectivity index (χ4n) is 0.931. The van der Waals surface area contributed by atoms with Crippen LogP contribution in [0.5, 0.6) is 0 Å². The molecule has 1 atom stereocenters. The minimum atomic E-state index is -0.879. The third kappa shape index (κ3) is 2.28. The number of hydrogen-bond donors (Lipinski definition) is 2. The zero-order valence-electron chi connectivity index (χ0n) is 7.36. The lowest BCUT2D eigenvalue weighted by molar-refractivity contribution is 0.0685. The first-order valence-electron chi connectivity index (χ1n) is 3.81. The van der Waals surface area contributed by atoms with Crippen LogP contribution in [-0.4, -0.2) is 32.2 Å². The summed E-state index contributed by atoms with van der Waals surface area (Å²) in [6.45, 7) is 1.91. The van der Waals surface area contributed by atoms with Crippen molar-refractivity contribution in [3.63, 3.8) is 0 Å². The molecule has 0 bridgehead atoms. The predicted octanol–water partition coefficient (Wildman–Crippen LogP) is -0.933. The normalized spacial score (nSPS) is 16.0. The molecule has 1 unspecified atom stereocenters. The monoisotopic (exact) mass is 170 g/mol. The summed E-state index contributed by atoms with van der Waals surface area (Å²) in [5.74, 6) is 0. The van der Waals surface area contributed by atoms with Crippen LogP contribution in [-0.2, 0) is 13.5 Å². The van der Waals surface area contributed by atoms with Crippen LogP contribution in [0.25, 0.3) is 0 Å². The molecule has 0 fully saturated rings. The second kappa shape index (κ2) is 3.20. The largest absolute Gasteiger partial charge is 0.388 e. The Morgan fingerprint density at radius 2 is 2.42 bits per heavy atom. The van der Waals surface area contributed by atoms with Crippen LogP contribution in [0.2, 0.25) is 0 Å². The molecular formula is C7H14N4O. The van der Waals surface area contributed by atoms with E-state index < -0.39 is 5.60 Å². The summed E-state index contributed by atoms with van der Waals surface area (Å²) in [6.07, 6.45) is 2.07. The molecule has 5 nitrogen and oxygen atoms in total. The van der Waals surface area contributed by atoms with E-state index in [1.807, 2.05) is 0 Å². The van der Waals surface area contributed by atoms with Gasteiger partial charge in [0.05, 0.1) is 17.5 Å². The fraction of sp³-hybridized carbons (Fsp3) is 0.714. The molecule has 1 aromatic rings. The Labute approximate surface area is 71.2 Å². The van der Waals surface area contributed by atoms with Crippen molar-refractivity contribution >= 4 is 0 Å². The second-order valence-corrected chi connectivity index (χ2v) is 3.20. The van der Waals surface area contributed by atoms with E-state index >= 15 is 0 Å². The van der Waals surface area contributed by atoms with Gasteiger partial charge in [0.15, 0.2) is 0 Å². The van der Waals surface area contributed by atoms with Gasteiger partial charge in [0.25, 0.3) is 0 Å². The van der Waals surface area contributed by atoms with Gasteiger partial charge < -0.3 is 10.8 Å². The van der Waals surface area contributed by atoms with Crippen molar-refractivity contribution in [2.75, 3.05) is 6.54 Å². The van der Waals surface area contributed by atoms with Gasteiger partial charge in [0.2, 0.25) is 0 Å². The van der Waals surface area contributed by atoms with Crippen LogP contribution in [0.3, 0.4) is 0 Å². The smallest absolute Gasteiger partial charge is 0.0856 e. The highest BCUT2D eigenvalue weighted by Gasteiger charge is 2.19. The van der Waals surface area contributed by atoms with Crippen LogP contribution in [0, 0.1) is 0 Å². The quantitative estimate of drug-likeness (QED) is 0.614. The Balaban J connectivity index is 2.63. The minimum absolute atomic E-state index is 0.226. The number of aliphatic hydroxyl groups is 1. The minimum Gasteiger partial charge on any atom is -0.388 e. The van der Waals surface area contributed by atoms with Gasteiger partial charge in [-0.3, -0.25) is 0 Å². The van der Waals surface area contributed by atoms with Gasteiger partial charge in [0.1, 0.15) is 0 Å². The van der Waals surface area contributed by atoms with E-state index in [1.54, 1.807) is 20.2 Å². The molecule has 0 spiro atoms. The number of nitrogens with zero attached hydrogens (tertiary/aromatic N) is 3. The van der Waals surface area contributed by atoms with Crippen molar-refractivity contribution in [2.24, 2.45) is 12.8 Å². The molecule has 0 radical (unpaired) electrons. The number of aromatic nitrogens is 3. The average molecular weight is 170 g/mol. The van der Waals surface area contributed by atoms with E-state index in [0.717, 1.165) is 5.69 Å². The van der Waals surface area contributed by atoms with Gasteiger partial charge in [-0.1, -0.05) is 0 Å². The molecule has 0 aliphatic rings. The summed E-state index contributed by atoms with van der Waals surface area (Å²) in [7, 11) is 1.74. The highest BCUT2D eigenvalue weighted by Crippen LogP contribution is 2.07. The second-order valence-electron chi connectivity index (χ2n) is 3.20. The van der Waals surface area contributed by atoms with E-state index in [-0.39, 0.29) is 6.54 Å². The zero-order chi connectivity index (χ0) is 9.19. The molecule has 68 valence electrons. The first kappa shape index (κ1) is 9.15. The maximum Gasteiger partial charge on any atom is 0.0856 e. The number of nitrogens with two attached hydrogens (primary N) is 1. The molecule has 1 heterocycles. The Hall–Kier alpha value is -0.940. The maximum absolute atomic E-state index is 9.58. The number of rotatable bonds is 3. The molecule has 12 heavy (non-hydrogen) atoms. The Morgan fingerprint density at radius 3 is 2.83 bits per heavy atom. The van der Waals surface area contributed by atoms with E-state index in [1.165, 1.54) is 4.80 Å². The summed E-state index contributed by atoms with van der Waals surface area (Å²) in [4.78, 5) is 1.46. The molecule has 0 amide bonds. The summed E-state index contributed by atoms with van der Waals surface area (Å²) >= 11 is 0. The summed E-state index contributed by atoms with van der Waals surface area (Å²) < 4.78 is 0. The predicted molar refractivity (Wildman–Crippen MR) is 44.4 cm³/mol. The standard InChI is InChI=1S/C7H14N4O/c1-7(12,5-8)3-6-4-9-11(2)10-6/h4,12H,3,5,8H2,1-2H3. The SMILES string of the molecule is Cn1ncc(CC(C)(O)CN)n1. The Kier molecular flexibility index (Phi) is 2.44. The van der Waals surface area contributed by atoms with Gasteiger partial charge in [0, 0.05) is 20.0 Å². The molecule has 1 aromatic heterocycles. The molecule has 1 rings (SSSR count). The van der Waals surface area contributed by atoms with E-state index in [4.69, 9.17) is 5.73 Å². The van der Waals surface area contributed by atoms with Gasteiger partial charge in [-0.25, -0.2) is 0 Å². The van der Waals surface area contributed by atoms with Crippen LogP contribution in [0.1, 0.15) is 12.6 Å². The van der Waals surface area contributed by atoms with Crippen molar-refractivity contribution in [1.29, 1.82) is 0 Å². The van der Waals surface area contributed by atoms with Crippen molar-refractivity contribution in [3.8, 4) is 0 Å². The van der Waals surface area contributed by atoms with E-state index in [2.05, 4.69) is 10.2 Å². The lowest BCUT2D eigenvalue weighted by atomic mass is 10.0. The van der Waals surface area contributed by atoms with Crippen molar-refractivity contribution in [3.05, 3.63) is 11.9 Å².